The maximum absolute atomic E-state index is 12.5. The van der Waals surface area contributed by atoms with Crippen LogP contribution in [-0.4, -0.2) is 23.8 Å². The van der Waals surface area contributed by atoms with Crippen LogP contribution in [0.25, 0.3) is 0 Å². The number of amides is 2. The summed E-state index contributed by atoms with van der Waals surface area (Å²) in [6.07, 6.45) is 6.58. The minimum absolute atomic E-state index is 0.0287. The van der Waals surface area contributed by atoms with Crippen LogP contribution in [0.2, 0.25) is 0 Å². The Labute approximate surface area is 164 Å². The van der Waals surface area contributed by atoms with E-state index in [1.165, 1.54) is 0 Å². The zero-order valence-corrected chi connectivity index (χ0v) is 16.1. The number of hydrogen-bond donors (Lipinski definition) is 2. The molecule has 2 aromatic rings. The van der Waals surface area contributed by atoms with Crippen LogP contribution in [0, 0.1) is 12.8 Å². The molecule has 4 rings (SSSR count). The van der Waals surface area contributed by atoms with E-state index < -0.39 is 0 Å². The highest BCUT2D eigenvalue weighted by molar-refractivity contribution is 6.01. The lowest BCUT2D eigenvalue weighted by Crippen LogP contribution is -2.45. The highest BCUT2D eigenvalue weighted by Gasteiger charge is 2.30. The molecule has 1 aromatic heterocycles. The molecule has 0 unspecified atom stereocenters. The molecule has 6 heteroatoms. The summed E-state index contributed by atoms with van der Waals surface area (Å²) in [5.41, 5.74) is 3.14. The van der Waals surface area contributed by atoms with Crippen LogP contribution < -0.4 is 15.5 Å². The molecular formula is C22H24N4O2. The van der Waals surface area contributed by atoms with Gasteiger partial charge in [0.2, 0.25) is 5.91 Å². The average molecular weight is 376 g/mol. The zero-order chi connectivity index (χ0) is 19.7. The number of aryl methyl sites for hydroxylation is 1. The Morgan fingerprint density at radius 2 is 2.04 bits per heavy atom. The smallest absolute Gasteiger partial charge is 0.256 e. The van der Waals surface area contributed by atoms with Crippen LogP contribution in [-0.2, 0) is 4.79 Å². The summed E-state index contributed by atoms with van der Waals surface area (Å²) in [6, 6.07) is 11.2. The summed E-state index contributed by atoms with van der Waals surface area (Å²) >= 11 is 0. The monoisotopic (exact) mass is 376 g/mol. The highest BCUT2D eigenvalue weighted by Crippen LogP contribution is 2.31. The first kappa shape index (κ1) is 18.2. The predicted octanol–water partition coefficient (Wildman–Crippen LogP) is 3.56. The van der Waals surface area contributed by atoms with E-state index in [4.69, 9.17) is 0 Å². The van der Waals surface area contributed by atoms with Crippen molar-refractivity contribution in [2.45, 2.75) is 32.4 Å². The number of fused-ring (bicyclic) bond motifs is 1. The third-order valence-electron chi connectivity index (χ3n) is 5.32. The summed E-state index contributed by atoms with van der Waals surface area (Å²) in [6.45, 7) is 1.91. The van der Waals surface area contributed by atoms with Crippen LogP contribution in [0.1, 0.15) is 47.0 Å². The lowest BCUT2D eigenvalue weighted by Gasteiger charge is -2.35. The van der Waals surface area contributed by atoms with Crippen molar-refractivity contribution in [3.05, 3.63) is 65.4 Å². The van der Waals surface area contributed by atoms with Crippen LogP contribution in [0.3, 0.4) is 0 Å². The average Bonchev–Trinajstić information content (AvgIpc) is 3.18. The normalized spacial score (nSPS) is 20.6. The molecule has 0 fully saturated rings. The Balaban J connectivity index is 1.47. The molecule has 0 bridgehead atoms. The molecule has 1 aromatic carbocycles. The highest BCUT2D eigenvalue weighted by atomic mass is 16.2. The first-order chi connectivity index (χ1) is 13.5. The van der Waals surface area contributed by atoms with Crippen molar-refractivity contribution < 1.29 is 9.59 Å². The Hall–Kier alpha value is -3.15. The largest absolute Gasteiger partial charge is 0.335 e. The summed E-state index contributed by atoms with van der Waals surface area (Å²) in [5.74, 6) is 0.922. The summed E-state index contributed by atoms with van der Waals surface area (Å²) < 4.78 is 0. The van der Waals surface area contributed by atoms with Gasteiger partial charge in [0.25, 0.3) is 5.91 Å². The first-order valence-electron chi connectivity index (χ1n) is 9.59. The molecule has 0 spiro atoms. The van der Waals surface area contributed by atoms with Gasteiger partial charge in [0.1, 0.15) is 12.0 Å². The Kier molecular flexibility index (Phi) is 4.86. The number of pyridine rings is 1. The Bertz CT molecular complexity index is 936. The van der Waals surface area contributed by atoms with E-state index in [0.29, 0.717) is 23.7 Å². The van der Waals surface area contributed by atoms with Gasteiger partial charge >= 0.3 is 0 Å². The number of rotatable bonds is 4. The quantitative estimate of drug-likeness (QED) is 0.800. The molecule has 0 saturated heterocycles. The van der Waals surface area contributed by atoms with Gasteiger partial charge in [-0.05, 0) is 55.5 Å². The predicted molar refractivity (Wildman–Crippen MR) is 109 cm³/mol. The second kappa shape index (κ2) is 7.46. The van der Waals surface area contributed by atoms with Gasteiger partial charge in [0.15, 0.2) is 0 Å². The maximum atomic E-state index is 12.5. The van der Waals surface area contributed by atoms with E-state index in [9.17, 15) is 9.59 Å². The van der Waals surface area contributed by atoms with E-state index in [1.54, 1.807) is 6.07 Å². The molecule has 0 radical (unpaired) electrons. The van der Waals surface area contributed by atoms with Gasteiger partial charge in [0.05, 0.1) is 5.56 Å². The third-order valence-corrected chi connectivity index (χ3v) is 5.32. The van der Waals surface area contributed by atoms with Crippen LogP contribution in [0.15, 0.2) is 48.6 Å². The lowest BCUT2D eigenvalue weighted by molar-refractivity contribution is -0.116. The number of allylic oxidation sites excluding steroid dienone is 2. The minimum atomic E-state index is -0.303. The number of aromatic nitrogens is 1. The third kappa shape index (κ3) is 3.63. The van der Waals surface area contributed by atoms with Gasteiger partial charge in [-0.2, -0.15) is 0 Å². The fraction of sp³-hybridized carbons (Fsp3) is 0.318. The molecule has 0 saturated carbocycles. The van der Waals surface area contributed by atoms with Gasteiger partial charge in [-0.25, -0.2) is 4.98 Å². The second-order valence-corrected chi connectivity index (χ2v) is 7.45. The van der Waals surface area contributed by atoms with Gasteiger partial charge in [-0.3, -0.25) is 9.59 Å². The van der Waals surface area contributed by atoms with Crippen LogP contribution in [0.4, 0.5) is 11.5 Å². The number of anilines is 2. The van der Waals surface area contributed by atoms with Crippen molar-refractivity contribution in [1.82, 2.24) is 10.3 Å². The van der Waals surface area contributed by atoms with Gasteiger partial charge in [-0.1, -0.05) is 24.3 Å². The van der Waals surface area contributed by atoms with E-state index in [0.717, 1.165) is 29.8 Å². The number of nitrogens with zero attached hydrogens (tertiary/aromatic N) is 2. The van der Waals surface area contributed by atoms with Crippen molar-refractivity contribution in [2.75, 3.05) is 17.3 Å². The van der Waals surface area contributed by atoms with Crippen molar-refractivity contribution in [1.29, 1.82) is 0 Å². The number of carbonyl (C=O) groups excluding carboxylic acids is 2. The molecule has 6 nitrogen and oxygen atoms in total. The van der Waals surface area contributed by atoms with E-state index in [1.807, 2.05) is 49.2 Å². The molecule has 2 heterocycles. The van der Waals surface area contributed by atoms with E-state index in [2.05, 4.69) is 27.8 Å². The topological polar surface area (TPSA) is 74.3 Å². The molecule has 1 aliphatic heterocycles. The summed E-state index contributed by atoms with van der Waals surface area (Å²) in [4.78, 5) is 31.2. The molecule has 2 amide bonds. The molecule has 2 N–H and O–H groups in total. The summed E-state index contributed by atoms with van der Waals surface area (Å²) in [7, 11) is 1.92. The number of benzene rings is 1. The first-order valence-corrected chi connectivity index (χ1v) is 9.59. The SMILES string of the molecule is Cc1ccc2c(n1)N(C)[C@@H](c1ccc(NC(=O)C[C@H]3C=CCC3)cc1)NC2=O. The lowest BCUT2D eigenvalue weighted by atomic mass is 10.0. The van der Waals surface area contributed by atoms with Crippen molar-refractivity contribution in [3.8, 4) is 0 Å². The fourth-order valence-corrected chi connectivity index (χ4v) is 3.78. The minimum Gasteiger partial charge on any atom is -0.335 e. The van der Waals surface area contributed by atoms with E-state index >= 15 is 0 Å². The van der Waals surface area contributed by atoms with Crippen molar-refractivity contribution in [3.63, 3.8) is 0 Å². The molecular weight excluding hydrogens is 352 g/mol. The van der Waals surface area contributed by atoms with Gasteiger partial charge in [0, 0.05) is 24.8 Å². The van der Waals surface area contributed by atoms with Crippen LogP contribution in [0.5, 0.6) is 0 Å². The zero-order valence-electron chi connectivity index (χ0n) is 16.1. The number of carbonyl (C=O) groups is 2. The van der Waals surface area contributed by atoms with Gasteiger partial charge < -0.3 is 15.5 Å². The number of hydrogen-bond acceptors (Lipinski definition) is 4. The number of nitrogens with one attached hydrogen (secondary N) is 2. The second-order valence-electron chi connectivity index (χ2n) is 7.45. The fourth-order valence-electron chi connectivity index (χ4n) is 3.78. The standard InChI is InChI=1S/C22H24N4O2/c1-14-7-12-18-21(23-14)26(2)20(25-22(18)28)16-8-10-17(11-9-16)24-19(27)13-15-5-3-4-6-15/h3,5,7-12,15,20H,4,6,13H2,1-2H3,(H,24,27)(H,25,28)/t15-,20-/m0/s1. The molecule has 1 aliphatic carbocycles. The Morgan fingerprint density at radius 3 is 2.75 bits per heavy atom. The molecule has 28 heavy (non-hydrogen) atoms. The van der Waals surface area contributed by atoms with Crippen LogP contribution >= 0.6 is 0 Å². The van der Waals surface area contributed by atoms with Gasteiger partial charge in [-0.15, -0.1) is 0 Å². The molecule has 144 valence electrons. The maximum Gasteiger partial charge on any atom is 0.256 e. The van der Waals surface area contributed by atoms with Crippen molar-refractivity contribution in [2.24, 2.45) is 5.92 Å². The van der Waals surface area contributed by atoms with E-state index in [-0.39, 0.29) is 18.0 Å². The Morgan fingerprint density at radius 1 is 1.25 bits per heavy atom. The molecule has 2 aliphatic rings. The summed E-state index contributed by atoms with van der Waals surface area (Å²) in [5, 5.41) is 5.97. The van der Waals surface area contributed by atoms with Crippen molar-refractivity contribution >= 4 is 23.3 Å². The molecule has 2 atom stereocenters.